The van der Waals surface area contributed by atoms with E-state index in [1.807, 2.05) is 6.92 Å². The van der Waals surface area contributed by atoms with Crippen molar-refractivity contribution < 1.29 is 9.59 Å². The molecule has 90 valence electrons. The third kappa shape index (κ3) is 2.06. The van der Waals surface area contributed by atoms with Gasteiger partial charge in [0.25, 0.3) is 11.7 Å². The van der Waals surface area contributed by atoms with Gasteiger partial charge in [0.1, 0.15) is 0 Å². The average Bonchev–Trinajstić information content (AvgIpc) is 2.55. The molecule has 1 aromatic rings. The molecule has 1 aliphatic rings. The SMILES string of the molecule is CCNCCN1C(=O)C(=O)c2c(Cl)cccc21. The van der Waals surface area contributed by atoms with Crippen molar-refractivity contribution in [3.63, 3.8) is 0 Å². The number of likely N-dealkylation sites (N-methyl/N-ethyl adjacent to an activating group) is 1. The molecule has 1 amide bonds. The third-order valence-corrected chi connectivity index (χ3v) is 3.03. The van der Waals surface area contributed by atoms with E-state index in [9.17, 15) is 9.59 Å². The topological polar surface area (TPSA) is 49.4 Å². The van der Waals surface area contributed by atoms with Crippen LogP contribution in [0.4, 0.5) is 5.69 Å². The normalized spacial score (nSPS) is 14.4. The monoisotopic (exact) mass is 252 g/mol. The number of ketones is 1. The fraction of sp³-hybridized carbons (Fsp3) is 0.333. The highest BCUT2D eigenvalue weighted by atomic mass is 35.5. The molecule has 5 heteroatoms. The van der Waals surface area contributed by atoms with Crippen LogP contribution in [0.15, 0.2) is 18.2 Å². The van der Waals surface area contributed by atoms with Crippen LogP contribution in [-0.2, 0) is 4.79 Å². The Morgan fingerprint density at radius 2 is 2.12 bits per heavy atom. The Bertz CT molecular complexity index is 474. The van der Waals surface area contributed by atoms with E-state index in [0.717, 1.165) is 6.54 Å². The van der Waals surface area contributed by atoms with Gasteiger partial charge in [-0.15, -0.1) is 0 Å². The Kier molecular flexibility index (Phi) is 3.45. The quantitative estimate of drug-likeness (QED) is 0.652. The molecular formula is C12H13ClN2O2. The third-order valence-electron chi connectivity index (χ3n) is 2.71. The molecule has 0 atom stereocenters. The van der Waals surface area contributed by atoms with Crippen LogP contribution in [0.5, 0.6) is 0 Å². The highest BCUT2D eigenvalue weighted by molar-refractivity contribution is 6.55. The zero-order valence-corrected chi connectivity index (χ0v) is 10.3. The molecule has 0 fully saturated rings. The minimum Gasteiger partial charge on any atom is -0.315 e. The number of carbonyl (C=O) groups excluding carboxylic acids is 2. The molecule has 0 bridgehead atoms. The molecule has 0 saturated carbocycles. The van der Waals surface area contributed by atoms with Crippen LogP contribution in [0.25, 0.3) is 0 Å². The van der Waals surface area contributed by atoms with Crippen molar-refractivity contribution in [3.8, 4) is 0 Å². The second kappa shape index (κ2) is 4.85. The van der Waals surface area contributed by atoms with E-state index in [2.05, 4.69) is 5.32 Å². The number of anilines is 1. The van der Waals surface area contributed by atoms with Gasteiger partial charge >= 0.3 is 0 Å². The van der Waals surface area contributed by atoms with Crippen LogP contribution < -0.4 is 10.2 Å². The number of nitrogens with zero attached hydrogens (tertiary/aromatic N) is 1. The Labute approximate surface area is 105 Å². The molecular weight excluding hydrogens is 240 g/mol. The summed E-state index contributed by atoms with van der Waals surface area (Å²) in [4.78, 5) is 25.0. The van der Waals surface area contributed by atoms with E-state index in [-0.39, 0.29) is 0 Å². The predicted octanol–water partition coefficient (Wildman–Crippen LogP) is 1.48. The Hall–Kier alpha value is -1.39. The van der Waals surface area contributed by atoms with Crippen molar-refractivity contribution in [3.05, 3.63) is 28.8 Å². The molecule has 17 heavy (non-hydrogen) atoms. The average molecular weight is 253 g/mol. The number of amides is 1. The van der Waals surface area contributed by atoms with Crippen LogP contribution >= 0.6 is 11.6 Å². The van der Waals surface area contributed by atoms with Crippen molar-refractivity contribution in [2.45, 2.75) is 6.92 Å². The lowest BCUT2D eigenvalue weighted by atomic mass is 10.1. The molecule has 0 saturated heterocycles. The van der Waals surface area contributed by atoms with Crippen LogP contribution in [-0.4, -0.2) is 31.3 Å². The number of nitrogens with one attached hydrogen (secondary N) is 1. The van der Waals surface area contributed by atoms with Gasteiger partial charge in [-0.2, -0.15) is 0 Å². The molecule has 1 aliphatic heterocycles. The van der Waals surface area contributed by atoms with Crippen molar-refractivity contribution in [1.29, 1.82) is 0 Å². The molecule has 0 aromatic heterocycles. The maximum atomic E-state index is 11.8. The lowest BCUT2D eigenvalue weighted by Gasteiger charge is -2.16. The van der Waals surface area contributed by atoms with Crippen LogP contribution in [0.2, 0.25) is 5.02 Å². The predicted molar refractivity (Wildman–Crippen MR) is 66.7 cm³/mol. The second-order valence-electron chi connectivity index (χ2n) is 3.77. The summed E-state index contributed by atoms with van der Waals surface area (Å²) in [6.45, 7) is 3.95. The largest absolute Gasteiger partial charge is 0.315 e. The van der Waals surface area contributed by atoms with E-state index < -0.39 is 11.7 Å². The van der Waals surface area contributed by atoms with Crippen LogP contribution in [0, 0.1) is 0 Å². The summed E-state index contributed by atoms with van der Waals surface area (Å²) in [6, 6.07) is 5.11. The molecule has 1 heterocycles. The Morgan fingerprint density at radius 3 is 2.82 bits per heavy atom. The van der Waals surface area contributed by atoms with E-state index in [4.69, 9.17) is 11.6 Å². The van der Waals surface area contributed by atoms with Gasteiger partial charge in [-0.05, 0) is 18.7 Å². The lowest BCUT2D eigenvalue weighted by Crippen LogP contribution is -2.35. The highest BCUT2D eigenvalue weighted by Crippen LogP contribution is 2.33. The first-order valence-electron chi connectivity index (χ1n) is 5.52. The number of halogens is 1. The summed E-state index contributed by atoms with van der Waals surface area (Å²) >= 11 is 5.94. The molecule has 0 radical (unpaired) electrons. The smallest absolute Gasteiger partial charge is 0.299 e. The van der Waals surface area contributed by atoms with Crippen molar-refractivity contribution >= 4 is 29.0 Å². The zero-order chi connectivity index (χ0) is 12.4. The molecule has 1 N–H and O–H groups in total. The Balaban J connectivity index is 2.29. The van der Waals surface area contributed by atoms with Gasteiger partial charge in [-0.1, -0.05) is 24.6 Å². The maximum absolute atomic E-state index is 11.8. The summed E-state index contributed by atoms with van der Waals surface area (Å²) in [5, 5.41) is 3.46. The van der Waals surface area contributed by atoms with Gasteiger partial charge in [0.05, 0.1) is 16.3 Å². The summed E-state index contributed by atoms with van der Waals surface area (Å²) in [5.74, 6) is -1.01. The number of fused-ring (bicyclic) bond motifs is 1. The van der Waals surface area contributed by atoms with Crippen molar-refractivity contribution in [1.82, 2.24) is 5.32 Å². The summed E-state index contributed by atoms with van der Waals surface area (Å²) in [5.41, 5.74) is 0.945. The van der Waals surface area contributed by atoms with Gasteiger partial charge in [-0.25, -0.2) is 0 Å². The molecule has 2 rings (SSSR count). The van der Waals surface area contributed by atoms with Crippen LogP contribution in [0.3, 0.4) is 0 Å². The number of rotatable bonds is 4. The first-order chi connectivity index (χ1) is 8.16. The number of hydrogen-bond donors (Lipinski definition) is 1. The van der Waals surface area contributed by atoms with Gasteiger partial charge in [0, 0.05) is 13.1 Å². The molecule has 4 nitrogen and oxygen atoms in total. The van der Waals surface area contributed by atoms with Gasteiger partial charge in [-0.3, -0.25) is 9.59 Å². The summed E-state index contributed by atoms with van der Waals surface area (Å²) < 4.78 is 0. The number of carbonyl (C=O) groups is 2. The molecule has 1 aromatic carbocycles. The van der Waals surface area contributed by atoms with Crippen molar-refractivity contribution in [2.24, 2.45) is 0 Å². The minimum absolute atomic E-state index is 0.329. The van der Waals surface area contributed by atoms with E-state index in [0.29, 0.717) is 29.4 Å². The molecule has 0 spiro atoms. The minimum atomic E-state index is -0.512. The zero-order valence-electron chi connectivity index (χ0n) is 9.50. The van der Waals surface area contributed by atoms with Gasteiger partial charge in [0.2, 0.25) is 0 Å². The summed E-state index contributed by atoms with van der Waals surface area (Å²) in [7, 11) is 0. The van der Waals surface area contributed by atoms with Gasteiger partial charge in [0.15, 0.2) is 0 Å². The standard InChI is InChI=1S/C12H13ClN2O2/c1-2-14-6-7-15-9-5-3-4-8(13)10(9)11(16)12(15)17/h3-5,14H,2,6-7H2,1H3. The van der Waals surface area contributed by atoms with E-state index in [1.165, 1.54) is 4.90 Å². The first-order valence-corrected chi connectivity index (χ1v) is 5.90. The van der Waals surface area contributed by atoms with Crippen LogP contribution in [0.1, 0.15) is 17.3 Å². The number of benzene rings is 1. The lowest BCUT2D eigenvalue weighted by molar-refractivity contribution is -0.114. The Morgan fingerprint density at radius 1 is 1.35 bits per heavy atom. The van der Waals surface area contributed by atoms with Gasteiger partial charge < -0.3 is 10.2 Å². The summed E-state index contributed by atoms with van der Waals surface area (Å²) in [6.07, 6.45) is 0. The fourth-order valence-electron chi connectivity index (χ4n) is 1.89. The maximum Gasteiger partial charge on any atom is 0.299 e. The highest BCUT2D eigenvalue weighted by Gasteiger charge is 2.36. The second-order valence-corrected chi connectivity index (χ2v) is 4.18. The number of hydrogen-bond acceptors (Lipinski definition) is 3. The van der Waals surface area contributed by atoms with Crippen molar-refractivity contribution in [2.75, 3.05) is 24.5 Å². The first kappa shape index (κ1) is 12.1. The molecule has 0 aliphatic carbocycles. The van der Waals surface area contributed by atoms with E-state index in [1.54, 1.807) is 18.2 Å². The fourth-order valence-corrected chi connectivity index (χ4v) is 2.15. The number of Topliss-reactive ketones (excluding diaryl/α,β-unsaturated/α-hetero) is 1. The molecule has 0 unspecified atom stereocenters. The van der Waals surface area contributed by atoms with E-state index >= 15 is 0 Å².